The van der Waals surface area contributed by atoms with Crippen molar-refractivity contribution < 1.29 is 9.53 Å². The molecular formula is C25H29NO2S. The third-order valence-electron chi connectivity index (χ3n) is 5.73. The van der Waals surface area contributed by atoms with Gasteiger partial charge in [-0.05, 0) is 46.2 Å². The molecule has 2 aromatic rings. The molecule has 152 valence electrons. The van der Waals surface area contributed by atoms with E-state index in [1.165, 1.54) is 22.5 Å². The molecule has 1 aliphatic carbocycles. The Bertz CT molecular complexity index is 987. The van der Waals surface area contributed by atoms with Gasteiger partial charge in [-0.1, -0.05) is 41.7 Å². The Morgan fingerprint density at radius 1 is 1.21 bits per heavy atom. The van der Waals surface area contributed by atoms with Gasteiger partial charge in [-0.2, -0.15) is 0 Å². The number of hydrogen-bond donors (Lipinski definition) is 0. The molecule has 2 heterocycles. The first-order valence-electron chi connectivity index (χ1n) is 10.3. The van der Waals surface area contributed by atoms with E-state index in [1.807, 2.05) is 0 Å². The van der Waals surface area contributed by atoms with Crippen molar-refractivity contribution >= 4 is 22.8 Å². The maximum Gasteiger partial charge on any atom is 0.176 e. The number of carbonyl (C=O) groups is 1. The summed E-state index contributed by atoms with van der Waals surface area (Å²) in [7, 11) is 1.79. The van der Waals surface area contributed by atoms with Crippen LogP contribution in [-0.2, 0) is 4.74 Å². The minimum Gasteiger partial charge on any atom is -0.379 e. The summed E-state index contributed by atoms with van der Waals surface area (Å²) in [5.41, 5.74) is 3.55. The summed E-state index contributed by atoms with van der Waals surface area (Å²) in [5, 5.41) is 0. The predicted molar refractivity (Wildman–Crippen MR) is 120 cm³/mol. The van der Waals surface area contributed by atoms with Gasteiger partial charge >= 0.3 is 0 Å². The number of ketones is 1. The molecule has 0 radical (unpaired) electrons. The van der Waals surface area contributed by atoms with E-state index in [2.05, 4.69) is 81.7 Å². The molecule has 0 N–H and O–H groups in total. The molecule has 1 aromatic carbocycles. The number of carbonyl (C=O) groups excluding carboxylic acids is 1. The number of ether oxygens (including phenoxy) is 1. The molecular weight excluding hydrogens is 378 g/mol. The molecule has 1 fully saturated rings. The van der Waals surface area contributed by atoms with Crippen LogP contribution < -0.4 is 4.90 Å². The van der Waals surface area contributed by atoms with Crippen molar-refractivity contribution in [3.8, 4) is 11.8 Å². The van der Waals surface area contributed by atoms with E-state index in [-0.39, 0.29) is 29.4 Å². The number of aryl methyl sites for hydroxylation is 1. The maximum atomic E-state index is 12.7. The first-order valence-corrected chi connectivity index (χ1v) is 11.1. The molecule has 2 aliphatic rings. The lowest BCUT2D eigenvalue weighted by Crippen LogP contribution is -2.42. The Balaban J connectivity index is 1.70. The van der Waals surface area contributed by atoms with E-state index in [0.717, 1.165) is 15.4 Å². The van der Waals surface area contributed by atoms with Gasteiger partial charge in [0.25, 0.3) is 0 Å². The second-order valence-corrected chi connectivity index (χ2v) is 10.4. The van der Waals surface area contributed by atoms with Gasteiger partial charge in [0.05, 0.1) is 27.6 Å². The highest BCUT2D eigenvalue weighted by molar-refractivity contribution is 7.15. The molecule has 1 saturated carbocycles. The average molecular weight is 408 g/mol. The lowest BCUT2D eigenvalue weighted by Gasteiger charge is -2.35. The van der Waals surface area contributed by atoms with Crippen LogP contribution in [0.15, 0.2) is 30.3 Å². The number of thiophene rings is 1. The number of anilines is 1. The van der Waals surface area contributed by atoms with Gasteiger partial charge in [-0.25, -0.2) is 0 Å². The highest BCUT2D eigenvalue weighted by Crippen LogP contribution is 2.52. The van der Waals surface area contributed by atoms with Crippen LogP contribution >= 0.6 is 11.3 Å². The van der Waals surface area contributed by atoms with Gasteiger partial charge in [0, 0.05) is 30.9 Å². The fourth-order valence-corrected chi connectivity index (χ4v) is 5.25. The molecule has 0 spiro atoms. The van der Waals surface area contributed by atoms with Gasteiger partial charge in [-0.3, -0.25) is 4.79 Å². The number of hydrogen-bond acceptors (Lipinski definition) is 4. The average Bonchev–Trinajstić information content (AvgIpc) is 3.18. The summed E-state index contributed by atoms with van der Waals surface area (Å²) in [6, 6.07) is 11.3. The Morgan fingerprint density at radius 3 is 2.52 bits per heavy atom. The Morgan fingerprint density at radius 2 is 1.90 bits per heavy atom. The molecule has 4 atom stereocenters. The highest BCUT2D eigenvalue weighted by Gasteiger charge is 2.57. The van der Waals surface area contributed by atoms with Gasteiger partial charge < -0.3 is 9.64 Å². The predicted octanol–water partition coefficient (Wildman–Crippen LogP) is 5.42. The summed E-state index contributed by atoms with van der Waals surface area (Å²) in [5.74, 6) is 7.15. The van der Waals surface area contributed by atoms with E-state index in [1.54, 1.807) is 7.11 Å². The fourth-order valence-electron chi connectivity index (χ4n) is 4.30. The van der Waals surface area contributed by atoms with Crippen LogP contribution in [0.1, 0.15) is 65.7 Å². The third-order valence-corrected chi connectivity index (χ3v) is 6.81. The normalized spacial score (nSPS) is 26.0. The molecule has 4 unspecified atom stereocenters. The molecule has 4 heteroatoms. The van der Waals surface area contributed by atoms with Crippen molar-refractivity contribution in [2.75, 3.05) is 12.0 Å². The first kappa shape index (κ1) is 20.2. The molecule has 0 amide bonds. The van der Waals surface area contributed by atoms with Crippen LogP contribution in [-0.4, -0.2) is 31.1 Å². The summed E-state index contributed by atoms with van der Waals surface area (Å²) in [6.07, 6.45) is 0.693. The van der Waals surface area contributed by atoms with E-state index in [0.29, 0.717) is 12.3 Å². The quantitative estimate of drug-likeness (QED) is 0.637. The summed E-state index contributed by atoms with van der Waals surface area (Å²) in [4.78, 5) is 17.0. The summed E-state index contributed by atoms with van der Waals surface area (Å²) < 4.78 is 5.86. The molecule has 0 saturated heterocycles. The zero-order valence-electron chi connectivity index (χ0n) is 18.1. The smallest absolute Gasteiger partial charge is 0.176 e. The van der Waals surface area contributed by atoms with E-state index in [4.69, 9.17) is 4.74 Å². The monoisotopic (exact) mass is 407 g/mol. The molecule has 1 aromatic heterocycles. The van der Waals surface area contributed by atoms with Crippen molar-refractivity contribution in [1.29, 1.82) is 0 Å². The molecule has 0 bridgehead atoms. The van der Waals surface area contributed by atoms with Crippen molar-refractivity contribution in [2.24, 2.45) is 5.41 Å². The number of fused-ring (bicyclic) bond motifs is 1. The first-order chi connectivity index (χ1) is 13.7. The minimum absolute atomic E-state index is 0.0599. The Hall–Kier alpha value is -2.09. The number of rotatable bonds is 3. The summed E-state index contributed by atoms with van der Waals surface area (Å²) in [6.45, 7) is 10.6. The maximum absolute atomic E-state index is 12.7. The SMILES string of the molecule is COC1C(c2ccc(C)cc2)C1N1c2cc(C#CC(C)(C)C)sc2C(=O)CC1C. The lowest BCUT2D eigenvalue weighted by atomic mass is 9.98. The van der Waals surface area contributed by atoms with Gasteiger partial charge in [-0.15, -0.1) is 11.3 Å². The van der Waals surface area contributed by atoms with Crippen LogP contribution in [0, 0.1) is 24.2 Å². The number of benzene rings is 1. The van der Waals surface area contributed by atoms with Crippen LogP contribution in [0.2, 0.25) is 0 Å². The van der Waals surface area contributed by atoms with Gasteiger partial charge in [0.15, 0.2) is 5.78 Å². The van der Waals surface area contributed by atoms with Gasteiger partial charge in [0.2, 0.25) is 0 Å². The van der Waals surface area contributed by atoms with E-state index >= 15 is 0 Å². The molecule has 4 rings (SSSR count). The zero-order valence-corrected chi connectivity index (χ0v) is 18.9. The lowest BCUT2D eigenvalue weighted by molar-refractivity contribution is 0.0970. The van der Waals surface area contributed by atoms with Crippen LogP contribution in [0.25, 0.3) is 0 Å². The molecule has 3 nitrogen and oxygen atoms in total. The molecule has 29 heavy (non-hydrogen) atoms. The highest BCUT2D eigenvalue weighted by atomic mass is 32.1. The second-order valence-electron chi connectivity index (χ2n) is 9.34. The van der Waals surface area contributed by atoms with Crippen LogP contribution in [0.3, 0.4) is 0 Å². The largest absolute Gasteiger partial charge is 0.379 e. The standard InChI is InChI=1S/C25H29NO2S/c1-15-7-9-17(10-8-15)21-22(23(21)28-6)26-16(2)13-20(27)24-19(26)14-18(29-24)11-12-25(3,4)5/h7-10,14,16,21-23H,13H2,1-6H3. The summed E-state index contributed by atoms with van der Waals surface area (Å²) >= 11 is 1.54. The fraction of sp³-hybridized carbons (Fsp3) is 0.480. The Labute approximate surface area is 178 Å². The topological polar surface area (TPSA) is 29.5 Å². The van der Waals surface area contributed by atoms with Gasteiger partial charge in [0.1, 0.15) is 0 Å². The number of methoxy groups -OCH3 is 1. The van der Waals surface area contributed by atoms with Crippen molar-refractivity contribution in [1.82, 2.24) is 0 Å². The number of Topliss-reactive ketones (excluding diaryl/α,β-unsaturated/α-hetero) is 1. The molecule has 1 aliphatic heterocycles. The van der Waals surface area contributed by atoms with E-state index in [9.17, 15) is 4.79 Å². The van der Waals surface area contributed by atoms with E-state index < -0.39 is 0 Å². The van der Waals surface area contributed by atoms with Crippen LogP contribution in [0.4, 0.5) is 5.69 Å². The second kappa shape index (κ2) is 7.31. The minimum atomic E-state index is -0.0599. The van der Waals surface area contributed by atoms with Crippen LogP contribution in [0.5, 0.6) is 0 Å². The van der Waals surface area contributed by atoms with Crippen molar-refractivity contribution in [2.45, 2.75) is 65.1 Å². The van der Waals surface area contributed by atoms with Crippen molar-refractivity contribution in [3.63, 3.8) is 0 Å². The van der Waals surface area contributed by atoms with Crippen molar-refractivity contribution in [3.05, 3.63) is 51.2 Å². The Kier molecular flexibility index (Phi) is 5.09. The third kappa shape index (κ3) is 3.86. The zero-order chi connectivity index (χ0) is 20.9. The number of nitrogens with zero attached hydrogens (tertiary/aromatic N) is 1.